The zero-order valence-corrected chi connectivity index (χ0v) is 15.9. The molecule has 0 fully saturated rings. The number of aliphatic hydroxyl groups is 1. The molecular weight excluding hydrogens is 360 g/mol. The van der Waals surface area contributed by atoms with Gasteiger partial charge in [0.25, 0.3) is 5.91 Å². The van der Waals surface area contributed by atoms with E-state index in [9.17, 15) is 14.7 Å². The number of benzene rings is 1. The number of carbonyl (C=O) groups is 2. The van der Waals surface area contributed by atoms with E-state index in [0.717, 1.165) is 12.8 Å². The van der Waals surface area contributed by atoms with Gasteiger partial charge in [-0.2, -0.15) is 0 Å². The van der Waals surface area contributed by atoms with Crippen molar-refractivity contribution in [2.75, 3.05) is 18.5 Å². The maximum Gasteiger partial charge on any atom is 0.405 e. The SMILES string of the molecule is CCCCCCCOc1ccc(NC(=O)[C@](C)(CO)NC(=O)O)cc1Cl. The van der Waals surface area contributed by atoms with Crippen molar-refractivity contribution in [2.24, 2.45) is 0 Å². The number of hydrogen-bond acceptors (Lipinski definition) is 4. The molecule has 0 bridgehead atoms. The van der Waals surface area contributed by atoms with Crippen LogP contribution in [0, 0.1) is 0 Å². The molecule has 0 aliphatic carbocycles. The Morgan fingerprint density at radius 3 is 2.50 bits per heavy atom. The maximum atomic E-state index is 12.2. The van der Waals surface area contributed by atoms with Crippen molar-refractivity contribution >= 4 is 29.3 Å². The number of rotatable bonds is 11. The summed E-state index contributed by atoms with van der Waals surface area (Å²) >= 11 is 6.17. The smallest absolute Gasteiger partial charge is 0.405 e. The molecule has 1 rings (SSSR count). The molecule has 0 spiro atoms. The molecule has 0 heterocycles. The number of hydrogen-bond donors (Lipinski definition) is 4. The Bertz CT molecular complexity index is 611. The van der Waals surface area contributed by atoms with Crippen molar-refractivity contribution in [3.05, 3.63) is 23.2 Å². The normalized spacial score (nSPS) is 12.9. The van der Waals surface area contributed by atoms with Gasteiger partial charge in [-0.3, -0.25) is 4.79 Å². The summed E-state index contributed by atoms with van der Waals surface area (Å²) < 4.78 is 5.64. The van der Waals surface area contributed by atoms with Gasteiger partial charge in [0.05, 0.1) is 18.2 Å². The first-order chi connectivity index (χ1) is 12.3. The van der Waals surface area contributed by atoms with E-state index in [0.29, 0.717) is 23.1 Å². The van der Waals surface area contributed by atoms with Crippen molar-refractivity contribution in [1.82, 2.24) is 5.32 Å². The minimum absolute atomic E-state index is 0.341. The summed E-state index contributed by atoms with van der Waals surface area (Å²) in [6.07, 6.45) is 4.25. The molecule has 146 valence electrons. The molecule has 1 atom stereocenters. The van der Waals surface area contributed by atoms with Crippen LogP contribution in [0.15, 0.2) is 18.2 Å². The van der Waals surface area contributed by atoms with Crippen LogP contribution in [0.3, 0.4) is 0 Å². The van der Waals surface area contributed by atoms with Crippen LogP contribution < -0.4 is 15.4 Å². The standard InChI is InChI=1S/C18H27ClN2O5/c1-3-4-5-6-7-10-26-15-9-8-13(11-14(15)19)20-16(23)18(2,12-22)21-17(24)25/h8-9,11,21-22H,3-7,10,12H2,1-2H3,(H,20,23)(H,24,25)/t18-/m0/s1. The molecule has 7 nitrogen and oxygen atoms in total. The highest BCUT2D eigenvalue weighted by atomic mass is 35.5. The summed E-state index contributed by atoms with van der Waals surface area (Å²) in [6.45, 7) is 3.34. The van der Waals surface area contributed by atoms with Crippen molar-refractivity contribution < 1.29 is 24.5 Å². The number of anilines is 1. The van der Waals surface area contributed by atoms with Gasteiger partial charge in [0.15, 0.2) is 0 Å². The minimum Gasteiger partial charge on any atom is -0.492 e. The van der Waals surface area contributed by atoms with E-state index in [1.165, 1.54) is 32.3 Å². The van der Waals surface area contributed by atoms with Crippen LogP contribution in [0.25, 0.3) is 0 Å². The number of nitrogens with one attached hydrogen (secondary N) is 2. The number of carbonyl (C=O) groups excluding carboxylic acids is 1. The number of carboxylic acid groups (broad SMARTS) is 1. The second-order valence-electron chi connectivity index (χ2n) is 6.28. The molecule has 1 aromatic carbocycles. The highest BCUT2D eigenvalue weighted by Gasteiger charge is 2.34. The number of unbranched alkanes of at least 4 members (excludes halogenated alkanes) is 4. The zero-order chi connectivity index (χ0) is 19.6. The number of amides is 2. The van der Waals surface area contributed by atoms with Crippen molar-refractivity contribution in [2.45, 2.75) is 51.5 Å². The summed E-state index contributed by atoms with van der Waals surface area (Å²) in [5, 5.41) is 23.0. The lowest BCUT2D eigenvalue weighted by molar-refractivity contribution is -0.123. The second kappa shape index (κ2) is 10.9. The fourth-order valence-corrected chi connectivity index (χ4v) is 2.49. The average Bonchev–Trinajstić information content (AvgIpc) is 2.58. The lowest BCUT2D eigenvalue weighted by atomic mass is 10.0. The molecular formula is C18H27ClN2O5. The topological polar surface area (TPSA) is 108 Å². The van der Waals surface area contributed by atoms with E-state index in [1.807, 2.05) is 5.32 Å². The Morgan fingerprint density at radius 2 is 1.92 bits per heavy atom. The molecule has 0 aliphatic heterocycles. The molecule has 0 radical (unpaired) electrons. The van der Waals surface area contributed by atoms with Gasteiger partial charge in [0.1, 0.15) is 11.3 Å². The number of halogens is 1. The van der Waals surface area contributed by atoms with Crippen LogP contribution in [0.2, 0.25) is 5.02 Å². The molecule has 0 aromatic heterocycles. The van der Waals surface area contributed by atoms with Gasteiger partial charge in [0, 0.05) is 5.69 Å². The van der Waals surface area contributed by atoms with Crippen LogP contribution in [-0.2, 0) is 4.79 Å². The lowest BCUT2D eigenvalue weighted by Crippen LogP contribution is -2.56. The molecule has 8 heteroatoms. The Balaban J connectivity index is 2.60. The second-order valence-corrected chi connectivity index (χ2v) is 6.69. The fourth-order valence-electron chi connectivity index (χ4n) is 2.26. The summed E-state index contributed by atoms with van der Waals surface area (Å²) in [6, 6.07) is 4.77. The molecule has 4 N–H and O–H groups in total. The third kappa shape index (κ3) is 7.09. The van der Waals surface area contributed by atoms with Gasteiger partial charge in [-0.1, -0.05) is 44.2 Å². The number of aliphatic hydroxyl groups excluding tert-OH is 1. The van der Waals surface area contributed by atoms with E-state index in [-0.39, 0.29) is 0 Å². The van der Waals surface area contributed by atoms with Gasteiger partial charge in [-0.15, -0.1) is 0 Å². The molecule has 2 amide bonds. The van der Waals surface area contributed by atoms with E-state index >= 15 is 0 Å². The largest absolute Gasteiger partial charge is 0.492 e. The first-order valence-corrected chi connectivity index (χ1v) is 9.06. The first-order valence-electron chi connectivity index (χ1n) is 8.68. The maximum absolute atomic E-state index is 12.2. The van der Waals surface area contributed by atoms with Crippen LogP contribution in [0.1, 0.15) is 46.0 Å². The number of ether oxygens (including phenoxy) is 1. The van der Waals surface area contributed by atoms with Gasteiger partial charge in [-0.25, -0.2) is 4.79 Å². The fraction of sp³-hybridized carbons (Fsp3) is 0.556. The van der Waals surface area contributed by atoms with E-state index < -0.39 is 24.1 Å². The third-order valence-corrected chi connectivity index (χ3v) is 4.19. The highest BCUT2D eigenvalue weighted by Crippen LogP contribution is 2.28. The van der Waals surface area contributed by atoms with Gasteiger partial charge in [-0.05, 0) is 31.5 Å². The molecule has 0 saturated carbocycles. The van der Waals surface area contributed by atoms with Gasteiger partial charge < -0.3 is 25.6 Å². The monoisotopic (exact) mass is 386 g/mol. The van der Waals surface area contributed by atoms with E-state index in [4.69, 9.17) is 21.4 Å². The Morgan fingerprint density at radius 1 is 1.23 bits per heavy atom. The zero-order valence-electron chi connectivity index (χ0n) is 15.2. The van der Waals surface area contributed by atoms with E-state index in [1.54, 1.807) is 12.1 Å². The van der Waals surface area contributed by atoms with Crippen LogP contribution >= 0.6 is 11.6 Å². The summed E-state index contributed by atoms with van der Waals surface area (Å²) in [7, 11) is 0. The summed E-state index contributed by atoms with van der Waals surface area (Å²) in [5.41, 5.74) is -1.28. The molecule has 0 saturated heterocycles. The highest BCUT2D eigenvalue weighted by molar-refractivity contribution is 6.32. The van der Waals surface area contributed by atoms with Crippen molar-refractivity contribution in [3.63, 3.8) is 0 Å². The molecule has 0 aliphatic rings. The van der Waals surface area contributed by atoms with Crippen LogP contribution in [0.4, 0.5) is 10.5 Å². The Hall–Kier alpha value is -1.99. The Labute approximate surface area is 158 Å². The van der Waals surface area contributed by atoms with Crippen molar-refractivity contribution in [1.29, 1.82) is 0 Å². The predicted molar refractivity (Wildman–Crippen MR) is 101 cm³/mol. The molecule has 1 aromatic rings. The van der Waals surface area contributed by atoms with Gasteiger partial charge in [0.2, 0.25) is 0 Å². The van der Waals surface area contributed by atoms with E-state index in [2.05, 4.69) is 12.2 Å². The van der Waals surface area contributed by atoms with Crippen molar-refractivity contribution in [3.8, 4) is 5.75 Å². The van der Waals surface area contributed by atoms with Gasteiger partial charge >= 0.3 is 6.09 Å². The molecule has 26 heavy (non-hydrogen) atoms. The average molecular weight is 387 g/mol. The quantitative estimate of drug-likeness (QED) is 0.434. The third-order valence-electron chi connectivity index (χ3n) is 3.90. The van der Waals surface area contributed by atoms with Crippen LogP contribution in [-0.4, -0.2) is 41.0 Å². The molecule has 0 unspecified atom stereocenters. The first kappa shape index (κ1) is 22.1. The van der Waals surface area contributed by atoms with Crippen LogP contribution in [0.5, 0.6) is 5.75 Å². The summed E-state index contributed by atoms with van der Waals surface area (Å²) in [4.78, 5) is 23.0. The minimum atomic E-state index is -1.66. The summed E-state index contributed by atoms with van der Waals surface area (Å²) in [5.74, 6) is -0.170. The lowest BCUT2D eigenvalue weighted by Gasteiger charge is -2.25. The Kier molecular flexibility index (Phi) is 9.23. The predicted octanol–water partition coefficient (Wildman–Crippen LogP) is 3.65.